The zero-order valence-corrected chi connectivity index (χ0v) is 16.8. The number of hydrogen-bond acceptors (Lipinski definition) is 2. The van der Waals surface area contributed by atoms with Crippen molar-refractivity contribution in [3.8, 4) is 0 Å². The van der Waals surface area contributed by atoms with Crippen molar-refractivity contribution in [2.45, 2.75) is 52.4 Å². The highest BCUT2D eigenvalue weighted by Gasteiger charge is 2.30. The summed E-state index contributed by atoms with van der Waals surface area (Å²) >= 11 is 0. The molecule has 0 radical (unpaired) electrons. The molecule has 2 unspecified atom stereocenters. The lowest BCUT2D eigenvalue weighted by atomic mass is 9.95. The SMILES string of the molecule is Cc1cc(C)c(CC(C)NCC(O)c2cccc(C(F)(F)F)c2)c(C)c1.Cl. The van der Waals surface area contributed by atoms with Crippen molar-refractivity contribution in [1.29, 1.82) is 0 Å². The van der Waals surface area contributed by atoms with Crippen LogP contribution in [0.5, 0.6) is 0 Å². The number of aliphatic hydroxyl groups is 1. The molecule has 27 heavy (non-hydrogen) atoms. The second kappa shape index (κ2) is 9.58. The van der Waals surface area contributed by atoms with Gasteiger partial charge in [-0.2, -0.15) is 13.2 Å². The van der Waals surface area contributed by atoms with Crippen molar-refractivity contribution in [2.24, 2.45) is 0 Å². The highest BCUT2D eigenvalue weighted by molar-refractivity contribution is 5.85. The molecule has 0 spiro atoms. The van der Waals surface area contributed by atoms with Crippen LogP contribution in [0, 0.1) is 20.8 Å². The molecule has 6 heteroatoms. The predicted molar refractivity (Wildman–Crippen MR) is 105 cm³/mol. The van der Waals surface area contributed by atoms with Gasteiger partial charge in [0.1, 0.15) is 0 Å². The van der Waals surface area contributed by atoms with Gasteiger partial charge in [-0.05, 0) is 68.5 Å². The molecule has 0 aliphatic carbocycles. The number of rotatable bonds is 6. The van der Waals surface area contributed by atoms with Crippen molar-refractivity contribution in [1.82, 2.24) is 5.32 Å². The number of alkyl halides is 3. The molecule has 150 valence electrons. The molecule has 0 aliphatic rings. The average Bonchev–Trinajstić information content (AvgIpc) is 2.55. The molecule has 0 aromatic heterocycles. The van der Waals surface area contributed by atoms with Crippen molar-refractivity contribution in [3.63, 3.8) is 0 Å². The van der Waals surface area contributed by atoms with Crippen molar-refractivity contribution in [3.05, 3.63) is 69.8 Å². The van der Waals surface area contributed by atoms with Crippen LogP contribution in [0.1, 0.15) is 46.4 Å². The fourth-order valence-electron chi connectivity index (χ4n) is 3.26. The zero-order valence-electron chi connectivity index (χ0n) is 16.0. The molecule has 2 atom stereocenters. The molecule has 2 aromatic rings. The maximum absolute atomic E-state index is 12.8. The summed E-state index contributed by atoms with van der Waals surface area (Å²) in [5.41, 5.74) is 4.48. The minimum Gasteiger partial charge on any atom is -0.387 e. The Hall–Kier alpha value is -1.56. The Kier molecular flexibility index (Phi) is 8.33. The summed E-state index contributed by atoms with van der Waals surface area (Å²) in [5.74, 6) is 0. The van der Waals surface area contributed by atoms with Gasteiger partial charge in [-0.1, -0.05) is 29.8 Å². The third-order valence-electron chi connectivity index (χ3n) is 4.61. The van der Waals surface area contributed by atoms with Crippen LogP contribution >= 0.6 is 12.4 Å². The Morgan fingerprint density at radius 3 is 2.19 bits per heavy atom. The predicted octanol–water partition coefficient (Wildman–Crippen LogP) is 5.31. The van der Waals surface area contributed by atoms with Crippen LogP contribution < -0.4 is 5.32 Å². The molecule has 2 N–H and O–H groups in total. The first-order chi connectivity index (χ1) is 12.1. The first kappa shape index (κ1) is 23.5. The van der Waals surface area contributed by atoms with Crippen molar-refractivity contribution < 1.29 is 18.3 Å². The average molecular weight is 402 g/mol. The Labute approximate surface area is 165 Å². The summed E-state index contributed by atoms with van der Waals surface area (Å²) in [7, 11) is 0. The van der Waals surface area contributed by atoms with Crippen LogP contribution in [0.3, 0.4) is 0 Å². The standard InChI is InChI=1S/C21H26F3NO.ClH/c1-13-8-14(2)19(15(3)9-13)10-16(4)25-12-20(26)17-6-5-7-18(11-17)21(22,23)24;/h5-9,11,16,20,25-26H,10,12H2,1-4H3;1H. The van der Waals surface area contributed by atoms with Gasteiger partial charge in [-0.3, -0.25) is 0 Å². The van der Waals surface area contributed by atoms with E-state index < -0.39 is 17.8 Å². The third kappa shape index (κ3) is 6.52. The molecule has 2 rings (SSSR count). The Bertz CT molecular complexity index is 738. The first-order valence-corrected chi connectivity index (χ1v) is 8.73. The summed E-state index contributed by atoms with van der Waals surface area (Å²) in [6.07, 6.45) is -4.59. The molecule has 0 amide bonds. The van der Waals surface area contributed by atoms with Gasteiger partial charge < -0.3 is 10.4 Å². The van der Waals surface area contributed by atoms with Gasteiger partial charge in [0.25, 0.3) is 0 Å². The van der Waals surface area contributed by atoms with E-state index in [1.54, 1.807) is 0 Å². The second-order valence-electron chi connectivity index (χ2n) is 7.03. The van der Waals surface area contributed by atoms with Crippen LogP contribution in [-0.2, 0) is 12.6 Å². The van der Waals surface area contributed by atoms with Crippen LogP contribution in [0.15, 0.2) is 36.4 Å². The molecule has 0 aliphatic heterocycles. The topological polar surface area (TPSA) is 32.3 Å². The molecular formula is C21H27ClF3NO. The molecule has 0 bridgehead atoms. The van der Waals surface area contributed by atoms with E-state index in [1.807, 2.05) is 6.92 Å². The van der Waals surface area contributed by atoms with E-state index in [0.29, 0.717) is 0 Å². The number of nitrogens with one attached hydrogen (secondary N) is 1. The minimum absolute atomic E-state index is 0. The second-order valence-corrected chi connectivity index (χ2v) is 7.03. The van der Waals surface area contributed by atoms with Gasteiger partial charge in [0.2, 0.25) is 0 Å². The Morgan fingerprint density at radius 2 is 1.63 bits per heavy atom. The summed E-state index contributed by atoms with van der Waals surface area (Å²) in [6, 6.07) is 9.24. The summed E-state index contributed by atoms with van der Waals surface area (Å²) in [5, 5.41) is 13.5. The van der Waals surface area contributed by atoms with E-state index in [4.69, 9.17) is 0 Å². The highest BCUT2D eigenvalue weighted by Crippen LogP contribution is 2.30. The molecule has 0 fully saturated rings. The van der Waals surface area contributed by atoms with Crippen LogP contribution in [0.25, 0.3) is 0 Å². The van der Waals surface area contributed by atoms with E-state index in [1.165, 1.54) is 34.4 Å². The van der Waals surface area contributed by atoms with Crippen molar-refractivity contribution >= 4 is 12.4 Å². The van der Waals surface area contributed by atoms with Crippen LogP contribution in [0.2, 0.25) is 0 Å². The summed E-state index contributed by atoms with van der Waals surface area (Å²) < 4.78 is 38.4. The Balaban J connectivity index is 0.00000364. The largest absolute Gasteiger partial charge is 0.416 e. The monoisotopic (exact) mass is 401 g/mol. The number of benzene rings is 2. The lowest BCUT2D eigenvalue weighted by Gasteiger charge is -2.20. The van der Waals surface area contributed by atoms with Gasteiger partial charge in [-0.25, -0.2) is 0 Å². The smallest absolute Gasteiger partial charge is 0.387 e. The van der Waals surface area contributed by atoms with E-state index in [9.17, 15) is 18.3 Å². The highest BCUT2D eigenvalue weighted by atomic mass is 35.5. The van der Waals surface area contributed by atoms with E-state index in [0.717, 1.165) is 18.6 Å². The van der Waals surface area contributed by atoms with Crippen LogP contribution in [-0.4, -0.2) is 17.7 Å². The molecule has 0 saturated carbocycles. The van der Waals surface area contributed by atoms with Gasteiger partial charge in [-0.15, -0.1) is 12.4 Å². The maximum atomic E-state index is 12.8. The fourth-order valence-corrected chi connectivity index (χ4v) is 3.26. The summed E-state index contributed by atoms with van der Waals surface area (Å²) in [6.45, 7) is 8.44. The molecule has 2 nitrogen and oxygen atoms in total. The van der Waals surface area contributed by atoms with Crippen LogP contribution in [0.4, 0.5) is 13.2 Å². The number of hydrogen-bond donors (Lipinski definition) is 2. The number of aliphatic hydroxyl groups excluding tert-OH is 1. The minimum atomic E-state index is -4.41. The normalized spacial score (nSPS) is 13.8. The van der Waals surface area contributed by atoms with Gasteiger partial charge in [0.05, 0.1) is 11.7 Å². The quantitative estimate of drug-likeness (QED) is 0.687. The lowest BCUT2D eigenvalue weighted by Crippen LogP contribution is -2.32. The lowest BCUT2D eigenvalue weighted by molar-refractivity contribution is -0.137. The zero-order chi connectivity index (χ0) is 19.5. The maximum Gasteiger partial charge on any atom is 0.416 e. The van der Waals surface area contributed by atoms with Gasteiger partial charge in [0, 0.05) is 12.6 Å². The first-order valence-electron chi connectivity index (χ1n) is 8.73. The number of halogens is 4. The number of aryl methyl sites for hydroxylation is 3. The molecule has 0 saturated heterocycles. The van der Waals surface area contributed by atoms with Gasteiger partial charge >= 0.3 is 6.18 Å². The molecular weight excluding hydrogens is 375 g/mol. The molecule has 0 heterocycles. The van der Waals surface area contributed by atoms with Crippen molar-refractivity contribution in [2.75, 3.05) is 6.54 Å². The Morgan fingerprint density at radius 1 is 1.04 bits per heavy atom. The van der Waals surface area contributed by atoms with E-state index in [-0.39, 0.29) is 30.6 Å². The van der Waals surface area contributed by atoms with E-state index in [2.05, 4.69) is 38.2 Å². The molecule has 2 aromatic carbocycles. The van der Waals surface area contributed by atoms with E-state index >= 15 is 0 Å². The third-order valence-corrected chi connectivity index (χ3v) is 4.61. The fraction of sp³-hybridized carbons (Fsp3) is 0.429. The van der Waals surface area contributed by atoms with Gasteiger partial charge in [0.15, 0.2) is 0 Å². The summed E-state index contributed by atoms with van der Waals surface area (Å²) in [4.78, 5) is 0.